The zero-order chi connectivity index (χ0) is 25.4. The minimum atomic E-state index is -0.702. The van der Waals surface area contributed by atoms with E-state index in [0.29, 0.717) is 21.5 Å². The van der Waals surface area contributed by atoms with E-state index in [2.05, 4.69) is 42.4 Å². The van der Waals surface area contributed by atoms with Crippen molar-refractivity contribution in [2.45, 2.75) is 0 Å². The molecule has 1 amide bonds. The van der Waals surface area contributed by atoms with Gasteiger partial charge < -0.3 is 14.2 Å². The number of nitro groups is 1. The molecule has 180 valence electrons. The van der Waals surface area contributed by atoms with Gasteiger partial charge >= 0.3 is 5.97 Å². The Labute approximate surface area is 216 Å². The molecular weight excluding hydrogens is 590 g/mol. The van der Waals surface area contributed by atoms with Gasteiger partial charge in [0.05, 0.1) is 28.3 Å². The number of benzene rings is 3. The summed E-state index contributed by atoms with van der Waals surface area (Å²) < 4.78 is 17.5. The number of carbonyl (C=O) groups is 2. The SMILES string of the molecule is COc1cc(Br)cc(Br)c1OCC(=O)N/N=C\c1ccccc1OC(=O)c1ccc([N+](=O)[O-])cc1. The summed E-state index contributed by atoms with van der Waals surface area (Å²) in [6, 6.07) is 15.0. The highest BCUT2D eigenvalue weighted by Gasteiger charge is 2.14. The molecule has 10 nitrogen and oxygen atoms in total. The summed E-state index contributed by atoms with van der Waals surface area (Å²) in [6.45, 7) is -0.329. The molecule has 1 N–H and O–H groups in total. The molecule has 0 heterocycles. The molecule has 3 rings (SSSR count). The summed E-state index contributed by atoms with van der Waals surface area (Å²) in [5, 5.41) is 14.6. The average Bonchev–Trinajstić information content (AvgIpc) is 2.84. The monoisotopic (exact) mass is 605 g/mol. The van der Waals surface area contributed by atoms with Crippen molar-refractivity contribution in [1.29, 1.82) is 0 Å². The summed E-state index contributed by atoms with van der Waals surface area (Å²) in [7, 11) is 1.48. The second-order valence-electron chi connectivity index (χ2n) is 6.73. The molecule has 0 aromatic heterocycles. The third-order valence-electron chi connectivity index (χ3n) is 4.37. The number of esters is 1. The van der Waals surface area contributed by atoms with E-state index in [9.17, 15) is 19.7 Å². The summed E-state index contributed by atoms with van der Waals surface area (Å²) in [6.07, 6.45) is 1.31. The van der Waals surface area contributed by atoms with Crippen molar-refractivity contribution in [2.24, 2.45) is 5.10 Å². The molecule has 0 unspecified atom stereocenters. The van der Waals surface area contributed by atoms with Gasteiger partial charge in [-0.1, -0.05) is 28.1 Å². The Hall–Kier alpha value is -3.77. The fourth-order valence-electron chi connectivity index (χ4n) is 2.73. The van der Waals surface area contributed by atoms with Crippen LogP contribution in [0.5, 0.6) is 17.2 Å². The van der Waals surface area contributed by atoms with E-state index < -0.39 is 16.8 Å². The molecule has 0 atom stereocenters. The molecule has 35 heavy (non-hydrogen) atoms. The van der Waals surface area contributed by atoms with Gasteiger partial charge in [-0.25, -0.2) is 10.2 Å². The van der Waals surface area contributed by atoms with Crippen molar-refractivity contribution in [1.82, 2.24) is 5.43 Å². The van der Waals surface area contributed by atoms with Gasteiger partial charge in [-0.3, -0.25) is 14.9 Å². The number of para-hydroxylation sites is 1. The quantitative estimate of drug-likeness (QED) is 0.121. The smallest absolute Gasteiger partial charge is 0.343 e. The number of nitrogens with zero attached hydrogens (tertiary/aromatic N) is 2. The van der Waals surface area contributed by atoms with E-state index in [4.69, 9.17) is 14.2 Å². The van der Waals surface area contributed by atoms with Crippen LogP contribution < -0.4 is 19.6 Å². The Morgan fingerprint density at radius 3 is 2.49 bits per heavy atom. The number of hydrogen-bond donors (Lipinski definition) is 1. The molecule has 0 bridgehead atoms. The van der Waals surface area contributed by atoms with Crippen molar-refractivity contribution < 1.29 is 28.7 Å². The number of hydrogen-bond acceptors (Lipinski definition) is 8. The van der Waals surface area contributed by atoms with Gasteiger partial charge in [0.2, 0.25) is 0 Å². The van der Waals surface area contributed by atoms with Gasteiger partial charge in [-0.15, -0.1) is 0 Å². The highest BCUT2D eigenvalue weighted by molar-refractivity contribution is 9.11. The lowest BCUT2D eigenvalue weighted by Crippen LogP contribution is -2.24. The van der Waals surface area contributed by atoms with Crippen LogP contribution in [0.3, 0.4) is 0 Å². The first-order chi connectivity index (χ1) is 16.8. The fraction of sp³-hybridized carbons (Fsp3) is 0.0870. The van der Waals surface area contributed by atoms with Crippen LogP contribution in [0, 0.1) is 10.1 Å². The predicted octanol–water partition coefficient (Wildman–Crippen LogP) is 4.88. The lowest BCUT2D eigenvalue weighted by Gasteiger charge is -2.12. The number of nitro benzene ring substituents is 1. The van der Waals surface area contributed by atoms with Gasteiger partial charge in [0.1, 0.15) is 5.75 Å². The van der Waals surface area contributed by atoms with Gasteiger partial charge in [0.15, 0.2) is 18.1 Å². The van der Waals surface area contributed by atoms with E-state index >= 15 is 0 Å². The molecule has 0 aliphatic heterocycles. The van der Waals surface area contributed by atoms with Crippen LogP contribution in [-0.4, -0.2) is 36.7 Å². The van der Waals surface area contributed by atoms with Gasteiger partial charge in [0, 0.05) is 22.2 Å². The molecule has 0 saturated heterocycles. The number of rotatable bonds is 9. The normalized spacial score (nSPS) is 10.6. The summed E-state index contributed by atoms with van der Waals surface area (Å²) in [5.41, 5.74) is 2.75. The van der Waals surface area contributed by atoms with Crippen molar-refractivity contribution >= 4 is 55.6 Å². The maximum Gasteiger partial charge on any atom is 0.343 e. The van der Waals surface area contributed by atoms with E-state index in [-0.39, 0.29) is 23.6 Å². The molecule has 0 aliphatic carbocycles. The molecule has 0 saturated carbocycles. The van der Waals surface area contributed by atoms with E-state index in [1.807, 2.05) is 0 Å². The maximum atomic E-state index is 12.4. The minimum Gasteiger partial charge on any atom is -0.493 e. The molecule has 0 radical (unpaired) electrons. The van der Waals surface area contributed by atoms with Crippen molar-refractivity contribution in [3.8, 4) is 17.2 Å². The second kappa shape index (κ2) is 12.1. The van der Waals surface area contributed by atoms with Crippen molar-refractivity contribution in [3.63, 3.8) is 0 Å². The molecular formula is C23H17Br2N3O7. The minimum absolute atomic E-state index is 0.139. The number of methoxy groups -OCH3 is 1. The van der Waals surface area contributed by atoms with E-state index in [1.54, 1.807) is 36.4 Å². The molecule has 3 aromatic carbocycles. The second-order valence-corrected chi connectivity index (χ2v) is 8.50. The Kier molecular flexibility index (Phi) is 8.92. The third-order valence-corrected chi connectivity index (χ3v) is 5.42. The largest absolute Gasteiger partial charge is 0.493 e. The van der Waals surface area contributed by atoms with Crippen molar-refractivity contribution in [3.05, 3.63) is 90.9 Å². The first-order valence-corrected chi connectivity index (χ1v) is 11.4. The number of halogens is 2. The average molecular weight is 607 g/mol. The lowest BCUT2D eigenvalue weighted by atomic mass is 10.2. The zero-order valence-corrected chi connectivity index (χ0v) is 21.2. The standard InChI is InChI=1S/C23H17Br2N3O7/c1-33-20-11-16(24)10-18(25)22(20)34-13-21(29)27-26-12-15-4-2-3-5-19(15)35-23(30)14-6-8-17(9-7-14)28(31)32/h2-12H,13H2,1H3,(H,27,29)/b26-12-. The highest BCUT2D eigenvalue weighted by Crippen LogP contribution is 2.38. The lowest BCUT2D eigenvalue weighted by molar-refractivity contribution is -0.384. The Bertz CT molecular complexity index is 1280. The van der Waals surface area contributed by atoms with Gasteiger partial charge in [-0.05, 0) is 52.3 Å². The Morgan fingerprint density at radius 1 is 1.09 bits per heavy atom. The van der Waals surface area contributed by atoms with Crippen molar-refractivity contribution in [2.75, 3.05) is 13.7 Å². The van der Waals surface area contributed by atoms with Gasteiger partial charge in [0.25, 0.3) is 11.6 Å². The predicted molar refractivity (Wildman–Crippen MR) is 134 cm³/mol. The highest BCUT2D eigenvalue weighted by atomic mass is 79.9. The third kappa shape index (κ3) is 7.11. The van der Waals surface area contributed by atoms with E-state index in [0.717, 1.165) is 4.47 Å². The first kappa shape index (κ1) is 25.8. The summed E-state index contributed by atoms with van der Waals surface area (Å²) >= 11 is 6.71. The number of ether oxygens (including phenoxy) is 3. The summed E-state index contributed by atoms with van der Waals surface area (Å²) in [5.74, 6) is -0.246. The molecule has 3 aromatic rings. The van der Waals surface area contributed by atoms with Crippen LogP contribution in [0.25, 0.3) is 0 Å². The van der Waals surface area contributed by atoms with E-state index in [1.165, 1.54) is 37.6 Å². The number of amides is 1. The van der Waals surface area contributed by atoms with Crippen LogP contribution >= 0.6 is 31.9 Å². The Balaban J connectivity index is 1.60. The van der Waals surface area contributed by atoms with Crippen LogP contribution in [-0.2, 0) is 4.79 Å². The number of non-ortho nitro benzene ring substituents is 1. The van der Waals surface area contributed by atoms with Crippen LogP contribution in [0.1, 0.15) is 15.9 Å². The Morgan fingerprint density at radius 2 is 1.80 bits per heavy atom. The van der Waals surface area contributed by atoms with Crippen LogP contribution in [0.15, 0.2) is 74.7 Å². The number of hydrazone groups is 1. The molecule has 0 spiro atoms. The molecule has 0 aliphatic rings. The number of carbonyl (C=O) groups excluding carboxylic acids is 2. The van der Waals surface area contributed by atoms with Crippen LogP contribution in [0.4, 0.5) is 5.69 Å². The molecule has 0 fully saturated rings. The zero-order valence-electron chi connectivity index (χ0n) is 18.1. The fourth-order valence-corrected chi connectivity index (χ4v) is 4.03. The summed E-state index contributed by atoms with van der Waals surface area (Å²) in [4.78, 5) is 34.8. The number of nitrogens with one attached hydrogen (secondary N) is 1. The van der Waals surface area contributed by atoms with Gasteiger partial charge in [-0.2, -0.15) is 5.10 Å². The van der Waals surface area contributed by atoms with Crippen LogP contribution in [0.2, 0.25) is 0 Å². The first-order valence-electron chi connectivity index (χ1n) is 9.82. The molecule has 12 heteroatoms. The maximum absolute atomic E-state index is 12.4. The topological polar surface area (TPSA) is 129 Å².